The average molecular weight is 223 g/mol. The van der Waals surface area contributed by atoms with E-state index in [-0.39, 0.29) is 0 Å². The minimum Gasteiger partial charge on any atom is -0.493 e. The van der Waals surface area contributed by atoms with Gasteiger partial charge in [-0.2, -0.15) is 0 Å². The largest absolute Gasteiger partial charge is 0.493 e. The van der Waals surface area contributed by atoms with E-state index in [2.05, 4.69) is 10.9 Å². The molecule has 0 N–H and O–H groups in total. The maximum atomic E-state index is 5.59. The molecule has 0 atom stereocenters. The van der Waals surface area contributed by atoms with Crippen LogP contribution in [0.5, 0.6) is 5.75 Å². The first-order chi connectivity index (χ1) is 8.36. The first kappa shape index (κ1) is 11.2. The summed E-state index contributed by atoms with van der Waals surface area (Å²) in [6.45, 7) is 2.59. The van der Waals surface area contributed by atoms with E-state index < -0.39 is 0 Å². The molecule has 2 heteroatoms. The van der Waals surface area contributed by atoms with Crippen LogP contribution in [-0.2, 0) is 0 Å². The van der Waals surface area contributed by atoms with Crippen molar-refractivity contribution in [3.05, 3.63) is 48.3 Å². The summed E-state index contributed by atoms with van der Waals surface area (Å²) < 4.78 is 5.59. The van der Waals surface area contributed by atoms with Crippen LogP contribution >= 0.6 is 0 Å². The zero-order chi connectivity index (χ0) is 12.1. The Morgan fingerprint density at radius 2 is 2.06 bits per heavy atom. The molecule has 2 nitrogen and oxygen atoms in total. The van der Waals surface area contributed by atoms with Crippen molar-refractivity contribution >= 4 is 0 Å². The van der Waals surface area contributed by atoms with Gasteiger partial charge in [-0.05, 0) is 19.1 Å². The first-order valence-corrected chi connectivity index (χ1v) is 5.49. The summed E-state index contributed by atoms with van der Waals surface area (Å²) in [5.41, 5.74) is 2.74. The van der Waals surface area contributed by atoms with E-state index in [1.807, 2.05) is 37.3 Å². The van der Waals surface area contributed by atoms with Gasteiger partial charge in [0.1, 0.15) is 5.75 Å². The van der Waals surface area contributed by atoms with E-state index in [0.717, 1.165) is 22.4 Å². The van der Waals surface area contributed by atoms with Crippen molar-refractivity contribution in [2.75, 3.05) is 6.61 Å². The molecule has 1 heterocycles. The molecule has 2 aromatic rings. The van der Waals surface area contributed by atoms with E-state index >= 15 is 0 Å². The van der Waals surface area contributed by atoms with Crippen LogP contribution in [0.2, 0.25) is 0 Å². The van der Waals surface area contributed by atoms with E-state index in [1.54, 1.807) is 12.4 Å². The lowest BCUT2D eigenvalue weighted by atomic mass is 10.0. The Morgan fingerprint density at radius 1 is 1.24 bits per heavy atom. The van der Waals surface area contributed by atoms with Gasteiger partial charge in [-0.15, -0.1) is 6.42 Å². The molecule has 2 rings (SSSR count). The molecule has 0 fully saturated rings. The highest BCUT2D eigenvalue weighted by Crippen LogP contribution is 2.31. The topological polar surface area (TPSA) is 22.1 Å². The molecule has 84 valence electrons. The Bertz CT molecular complexity index is 555. The number of ether oxygens (including phenoxy) is 1. The normalized spacial score (nSPS) is 9.65. The lowest BCUT2D eigenvalue weighted by Crippen LogP contribution is -1.95. The van der Waals surface area contributed by atoms with Crippen LogP contribution in [0.1, 0.15) is 12.5 Å². The summed E-state index contributed by atoms with van der Waals surface area (Å²) in [5.74, 6) is 3.50. The molecule has 0 bridgehead atoms. The zero-order valence-corrected chi connectivity index (χ0v) is 9.68. The van der Waals surface area contributed by atoms with Crippen LogP contribution in [0.25, 0.3) is 11.1 Å². The lowest BCUT2D eigenvalue weighted by molar-refractivity contribution is 0.341. The average Bonchev–Trinajstić information content (AvgIpc) is 2.40. The molecule has 0 saturated heterocycles. The Labute approximate surface area is 101 Å². The molecular weight excluding hydrogens is 210 g/mol. The van der Waals surface area contributed by atoms with Gasteiger partial charge in [-0.25, -0.2) is 0 Å². The van der Waals surface area contributed by atoms with Gasteiger partial charge in [0.25, 0.3) is 0 Å². The number of hydrogen-bond acceptors (Lipinski definition) is 2. The van der Waals surface area contributed by atoms with Crippen molar-refractivity contribution in [2.24, 2.45) is 0 Å². The molecule has 0 unspecified atom stereocenters. The highest BCUT2D eigenvalue weighted by molar-refractivity contribution is 5.75. The van der Waals surface area contributed by atoms with Crippen LogP contribution in [0.3, 0.4) is 0 Å². The monoisotopic (exact) mass is 223 g/mol. The van der Waals surface area contributed by atoms with Crippen LogP contribution in [0, 0.1) is 12.3 Å². The minimum absolute atomic E-state index is 0.628. The van der Waals surface area contributed by atoms with Gasteiger partial charge in [0.15, 0.2) is 0 Å². The molecule has 0 saturated carbocycles. The van der Waals surface area contributed by atoms with Gasteiger partial charge in [0.2, 0.25) is 0 Å². The number of terminal acetylenes is 1. The summed E-state index contributed by atoms with van der Waals surface area (Å²) in [6, 6.07) is 9.67. The second-order valence-corrected chi connectivity index (χ2v) is 3.49. The molecule has 0 amide bonds. The Kier molecular flexibility index (Phi) is 3.42. The predicted molar refractivity (Wildman–Crippen MR) is 68.8 cm³/mol. The summed E-state index contributed by atoms with van der Waals surface area (Å²) in [4.78, 5) is 4.12. The van der Waals surface area contributed by atoms with Crippen LogP contribution in [-0.4, -0.2) is 11.6 Å². The maximum absolute atomic E-state index is 5.59. The Balaban J connectivity index is 2.57. The standard InChI is InChI=1S/C15H13NO/c1-3-12-9-10-16-11-14(12)13-7-5-6-8-15(13)17-4-2/h1,5-11H,4H2,2H3. The number of hydrogen-bond donors (Lipinski definition) is 0. The third-order valence-corrected chi connectivity index (χ3v) is 2.45. The van der Waals surface area contributed by atoms with Crippen molar-refractivity contribution in [3.63, 3.8) is 0 Å². The lowest BCUT2D eigenvalue weighted by Gasteiger charge is -2.10. The third-order valence-electron chi connectivity index (χ3n) is 2.45. The highest BCUT2D eigenvalue weighted by atomic mass is 16.5. The zero-order valence-electron chi connectivity index (χ0n) is 9.68. The fraction of sp³-hybridized carbons (Fsp3) is 0.133. The van der Waals surface area contributed by atoms with Gasteiger partial charge in [-0.1, -0.05) is 24.1 Å². The molecule has 0 aliphatic carbocycles. The molecule has 1 aromatic carbocycles. The van der Waals surface area contributed by atoms with E-state index in [9.17, 15) is 0 Å². The number of para-hydroxylation sites is 1. The van der Waals surface area contributed by atoms with E-state index in [1.165, 1.54) is 0 Å². The van der Waals surface area contributed by atoms with Gasteiger partial charge < -0.3 is 4.74 Å². The van der Waals surface area contributed by atoms with Crippen molar-refractivity contribution < 1.29 is 4.74 Å². The molecule has 1 aromatic heterocycles. The molecule has 0 radical (unpaired) electrons. The Hall–Kier alpha value is -2.27. The predicted octanol–water partition coefficient (Wildman–Crippen LogP) is 3.13. The van der Waals surface area contributed by atoms with Gasteiger partial charge in [-0.3, -0.25) is 4.98 Å². The van der Waals surface area contributed by atoms with Crippen LogP contribution in [0.15, 0.2) is 42.7 Å². The summed E-state index contributed by atoms with van der Waals surface area (Å²) in [6.07, 6.45) is 8.96. The summed E-state index contributed by atoms with van der Waals surface area (Å²) >= 11 is 0. The SMILES string of the molecule is C#Cc1ccncc1-c1ccccc1OCC. The van der Waals surface area contributed by atoms with Crippen molar-refractivity contribution in [2.45, 2.75) is 6.92 Å². The fourth-order valence-electron chi connectivity index (χ4n) is 1.71. The number of nitrogens with zero attached hydrogens (tertiary/aromatic N) is 1. The number of benzene rings is 1. The van der Waals surface area contributed by atoms with Crippen LogP contribution in [0.4, 0.5) is 0 Å². The summed E-state index contributed by atoms with van der Waals surface area (Å²) in [7, 11) is 0. The molecule has 0 spiro atoms. The second kappa shape index (κ2) is 5.18. The summed E-state index contributed by atoms with van der Waals surface area (Å²) in [5, 5.41) is 0. The minimum atomic E-state index is 0.628. The quantitative estimate of drug-likeness (QED) is 0.746. The number of pyridine rings is 1. The molecule has 17 heavy (non-hydrogen) atoms. The molecular formula is C15H13NO. The number of rotatable bonds is 3. The van der Waals surface area contributed by atoms with Crippen LogP contribution < -0.4 is 4.74 Å². The highest BCUT2D eigenvalue weighted by Gasteiger charge is 2.08. The van der Waals surface area contributed by atoms with Gasteiger partial charge >= 0.3 is 0 Å². The van der Waals surface area contributed by atoms with Gasteiger partial charge in [0.05, 0.1) is 6.61 Å². The smallest absolute Gasteiger partial charge is 0.127 e. The third kappa shape index (κ3) is 2.29. The van der Waals surface area contributed by atoms with Crippen molar-refractivity contribution in [3.8, 4) is 29.2 Å². The van der Waals surface area contributed by atoms with Crippen molar-refractivity contribution in [1.29, 1.82) is 0 Å². The van der Waals surface area contributed by atoms with Crippen molar-refractivity contribution in [1.82, 2.24) is 4.98 Å². The fourth-order valence-corrected chi connectivity index (χ4v) is 1.71. The first-order valence-electron chi connectivity index (χ1n) is 5.49. The van der Waals surface area contributed by atoms with Gasteiger partial charge in [0, 0.05) is 29.1 Å². The maximum Gasteiger partial charge on any atom is 0.127 e. The van der Waals surface area contributed by atoms with E-state index in [4.69, 9.17) is 11.2 Å². The second-order valence-electron chi connectivity index (χ2n) is 3.49. The van der Waals surface area contributed by atoms with E-state index in [0.29, 0.717) is 6.61 Å². The number of aromatic nitrogens is 1. The molecule has 0 aliphatic heterocycles. The Morgan fingerprint density at radius 3 is 2.82 bits per heavy atom. The molecule has 0 aliphatic rings.